The minimum absolute atomic E-state index is 0.243. The number of rotatable bonds is 5. The summed E-state index contributed by atoms with van der Waals surface area (Å²) in [5.74, 6) is -0.535. The van der Waals surface area contributed by atoms with Gasteiger partial charge >= 0.3 is 0 Å². The summed E-state index contributed by atoms with van der Waals surface area (Å²) < 4.78 is 0. The van der Waals surface area contributed by atoms with Gasteiger partial charge in [0.15, 0.2) is 5.81 Å². The maximum Gasteiger partial charge on any atom is 0.247 e. The van der Waals surface area contributed by atoms with Gasteiger partial charge in [-0.1, -0.05) is 37.4 Å². The highest BCUT2D eigenvalue weighted by Gasteiger charge is 2.23. The number of thiazole rings is 1. The zero-order valence-corrected chi connectivity index (χ0v) is 15.9. The maximum absolute atomic E-state index is 12.3. The molecule has 0 spiro atoms. The van der Waals surface area contributed by atoms with Gasteiger partial charge in [0.25, 0.3) is 0 Å². The normalized spacial score (nSPS) is 12.4. The lowest BCUT2D eigenvalue weighted by Crippen LogP contribution is -2.44. The minimum atomic E-state index is -0.644. The summed E-state index contributed by atoms with van der Waals surface area (Å²) in [7, 11) is 1.56. The Labute approximate surface area is 152 Å². The lowest BCUT2D eigenvalue weighted by molar-refractivity contribution is -0.117. The minimum Gasteiger partial charge on any atom is -0.354 e. The quantitative estimate of drug-likeness (QED) is 0.803. The van der Waals surface area contributed by atoms with Crippen molar-refractivity contribution in [1.29, 1.82) is 0 Å². The van der Waals surface area contributed by atoms with Gasteiger partial charge in [0.05, 0.1) is 5.69 Å². The Morgan fingerprint density at radius 2 is 2.04 bits per heavy atom. The van der Waals surface area contributed by atoms with Crippen LogP contribution in [0, 0.1) is 6.92 Å². The smallest absolute Gasteiger partial charge is 0.247 e. The van der Waals surface area contributed by atoms with Crippen molar-refractivity contribution in [1.82, 2.24) is 15.3 Å². The molecule has 0 aliphatic heterocycles. The first-order valence-electron chi connectivity index (χ1n) is 8.01. The second-order valence-corrected chi connectivity index (χ2v) is 7.90. The van der Waals surface area contributed by atoms with Crippen LogP contribution in [0.25, 0.3) is 10.6 Å². The first-order chi connectivity index (χ1) is 11.7. The van der Waals surface area contributed by atoms with E-state index in [-0.39, 0.29) is 17.0 Å². The highest BCUT2D eigenvalue weighted by molar-refractivity contribution is 7.19. The molecular weight excluding hydrogens is 335 g/mol. The molecule has 8 heteroatoms. The number of hydrogen-bond acceptors (Lipinski definition) is 5. The summed E-state index contributed by atoms with van der Waals surface area (Å²) in [6.45, 7) is 9.28. The lowest BCUT2D eigenvalue weighted by Gasteiger charge is -2.18. The molecule has 2 aromatic heterocycles. The number of anilines is 1. The lowest BCUT2D eigenvalue weighted by atomic mass is 9.54. The summed E-state index contributed by atoms with van der Waals surface area (Å²) >= 11 is 1.38. The predicted molar refractivity (Wildman–Crippen MR) is 102 cm³/mol. The van der Waals surface area contributed by atoms with Crippen molar-refractivity contribution < 1.29 is 9.59 Å². The van der Waals surface area contributed by atoms with Crippen molar-refractivity contribution >= 4 is 35.3 Å². The van der Waals surface area contributed by atoms with E-state index in [4.69, 9.17) is 0 Å². The van der Waals surface area contributed by atoms with E-state index < -0.39 is 6.04 Å². The van der Waals surface area contributed by atoms with Crippen LogP contribution in [-0.2, 0) is 4.79 Å². The predicted octanol–water partition coefficient (Wildman–Crippen LogP) is 3.47. The van der Waals surface area contributed by atoms with Gasteiger partial charge < -0.3 is 10.6 Å². The van der Waals surface area contributed by atoms with Crippen LogP contribution in [0.3, 0.4) is 0 Å². The molecule has 2 aromatic rings. The van der Waals surface area contributed by atoms with E-state index in [0.717, 1.165) is 16.3 Å². The van der Waals surface area contributed by atoms with Gasteiger partial charge in [0.2, 0.25) is 13.2 Å². The van der Waals surface area contributed by atoms with E-state index in [1.54, 1.807) is 26.6 Å². The molecule has 1 radical (unpaired) electrons. The van der Waals surface area contributed by atoms with Crippen molar-refractivity contribution in [2.75, 3.05) is 5.32 Å². The Hall–Kier alpha value is -2.22. The molecule has 1 atom stereocenters. The topological polar surface area (TPSA) is 84.0 Å². The molecule has 2 amide bonds. The molecule has 0 aromatic carbocycles. The van der Waals surface area contributed by atoms with Crippen molar-refractivity contribution in [3.63, 3.8) is 0 Å². The molecule has 2 rings (SSSR count). The van der Waals surface area contributed by atoms with Crippen LogP contribution in [-0.4, -0.2) is 35.0 Å². The molecule has 0 saturated carbocycles. The molecule has 0 saturated heterocycles. The first-order valence-corrected chi connectivity index (χ1v) is 8.82. The number of pyridine rings is 1. The summed E-state index contributed by atoms with van der Waals surface area (Å²) in [5, 5.41) is 6.74. The molecule has 2 heterocycles. The molecule has 25 heavy (non-hydrogen) atoms. The third-order valence-corrected chi connectivity index (χ3v) is 4.38. The second-order valence-electron chi connectivity index (χ2n) is 6.91. The van der Waals surface area contributed by atoms with E-state index in [1.807, 2.05) is 39.8 Å². The molecule has 0 bridgehead atoms. The first kappa shape index (κ1) is 19.1. The van der Waals surface area contributed by atoms with Crippen LogP contribution in [0.2, 0.25) is 5.31 Å². The van der Waals surface area contributed by atoms with E-state index in [9.17, 15) is 9.59 Å². The van der Waals surface area contributed by atoms with Gasteiger partial charge in [-0.25, -0.2) is 4.98 Å². The van der Waals surface area contributed by atoms with Crippen LogP contribution >= 0.6 is 11.3 Å². The Morgan fingerprint density at radius 1 is 1.32 bits per heavy atom. The Balaban J connectivity index is 2.01. The number of hydrogen-bond donors (Lipinski definition) is 2. The Kier molecular flexibility index (Phi) is 5.95. The summed E-state index contributed by atoms with van der Waals surface area (Å²) in [5.41, 5.74) is 1.63. The molecule has 2 N–H and O–H groups in total. The van der Waals surface area contributed by atoms with Crippen molar-refractivity contribution in [3.05, 3.63) is 30.2 Å². The molecule has 0 unspecified atom stereocenters. The number of carbonyl (C=O) groups excluding carboxylic acids is 2. The highest BCUT2D eigenvalue weighted by Crippen LogP contribution is 2.31. The van der Waals surface area contributed by atoms with Crippen LogP contribution in [0.5, 0.6) is 0 Å². The zero-order chi connectivity index (χ0) is 18.6. The van der Waals surface area contributed by atoms with E-state index in [2.05, 4.69) is 20.6 Å². The molecule has 0 aliphatic carbocycles. The SMILES string of the molecule is Cc1nc(-c2cccnc2)sc1NC(=O)[C@H](C)NC(=O)[B]C(C)(C)C. The number of aryl methyl sites for hydroxylation is 1. The summed E-state index contributed by atoms with van der Waals surface area (Å²) in [6.07, 6.45) is 3.43. The van der Waals surface area contributed by atoms with Crippen LogP contribution in [0.1, 0.15) is 33.4 Å². The number of nitrogens with zero attached hydrogens (tertiary/aromatic N) is 2. The molecule has 6 nitrogen and oxygen atoms in total. The number of carbonyl (C=O) groups is 2. The van der Waals surface area contributed by atoms with Gasteiger partial charge in [0.1, 0.15) is 16.1 Å². The maximum atomic E-state index is 12.3. The van der Waals surface area contributed by atoms with Gasteiger partial charge in [-0.05, 0) is 26.0 Å². The van der Waals surface area contributed by atoms with Gasteiger partial charge in [-0.15, -0.1) is 0 Å². The highest BCUT2D eigenvalue weighted by atomic mass is 32.1. The van der Waals surface area contributed by atoms with Gasteiger partial charge in [-0.2, -0.15) is 0 Å². The van der Waals surface area contributed by atoms with Gasteiger partial charge in [0, 0.05) is 18.0 Å². The zero-order valence-electron chi connectivity index (χ0n) is 15.1. The second kappa shape index (κ2) is 7.78. The summed E-state index contributed by atoms with van der Waals surface area (Å²) in [6, 6.07) is 3.12. The fourth-order valence-corrected chi connectivity index (χ4v) is 3.02. The van der Waals surface area contributed by atoms with Crippen LogP contribution < -0.4 is 10.6 Å². The molecule has 131 valence electrons. The van der Waals surface area contributed by atoms with Crippen molar-refractivity contribution in [2.45, 2.75) is 46.0 Å². The van der Waals surface area contributed by atoms with Crippen LogP contribution in [0.4, 0.5) is 9.80 Å². The standard InChI is InChI=1S/C17H22BN4O2S/c1-10(21-16(24)18-17(3,4)5)13(23)22-14-11(2)20-15(25-14)12-7-6-8-19-9-12/h6-10H,1-5H3,(H,21,24)(H,22,23)/t10-/m0/s1. The fourth-order valence-electron chi connectivity index (χ4n) is 2.06. The van der Waals surface area contributed by atoms with Crippen LogP contribution in [0.15, 0.2) is 24.5 Å². The van der Waals surface area contributed by atoms with E-state index in [1.165, 1.54) is 11.3 Å². The fraction of sp³-hybridized carbons (Fsp3) is 0.412. The average molecular weight is 357 g/mol. The average Bonchev–Trinajstić information content (AvgIpc) is 2.87. The molecule has 0 aliphatic rings. The van der Waals surface area contributed by atoms with Gasteiger partial charge in [-0.3, -0.25) is 14.6 Å². The Bertz CT molecular complexity index is 756. The number of amides is 2. The molecule has 0 fully saturated rings. The number of nitrogens with one attached hydrogen (secondary N) is 2. The number of aromatic nitrogens is 2. The van der Waals surface area contributed by atoms with Crippen molar-refractivity contribution in [3.8, 4) is 10.6 Å². The summed E-state index contributed by atoms with van der Waals surface area (Å²) in [4.78, 5) is 32.8. The monoisotopic (exact) mass is 357 g/mol. The van der Waals surface area contributed by atoms with Crippen molar-refractivity contribution in [2.24, 2.45) is 0 Å². The molecular formula is C17H22BN4O2S. The third kappa shape index (κ3) is 5.67. The van der Waals surface area contributed by atoms with E-state index in [0.29, 0.717) is 5.00 Å². The van der Waals surface area contributed by atoms with E-state index >= 15 is 0 Å². The Morgan fingerprint density at radius 3 is 2.64 bits per heavy atom. The third-order valence-electron chi connectivity index (χ3n) is 3.26. The largest absolute Gasteiger partial charge is 0.354 e.